The first-order chi connectivity index (χ1) is 10.0. The molecule has 4 nitrogen and oxygen atoms in total. The van der Waals surface area contributed by atoms with Gasteiger partial charge >= 0.3 is 0 Å². The van der Waals surface area contributed by atoms with Gasteiger partial charge in [0.15, 0.2) is 0 Å². The lowest BCUT2D eigenvalue weighted by atomic mass is 10.1. The maximum atomic E-state index is 12.3. The summed E-state index contributed by atoms with van der Waals surface area (Å²) in [7, 11) is 0. The number of aryl methyl sites for hydroxylation is 1. The molecule has 1 amide bonds. The molecule has 1 aromatic rings. The third kappa shape index (κ3) is 4.15. The summed E-state index contributed by atoms with van der Waals surface area (Å²) in [6.07, 6.45) is 3.10. The van der Waals surface area contributed by atoms with Gasteiger partial charge in [0.25, 0.3) is 0 Å². The second kappa shape index (κ2) is 7.20. The first kappa shape index (κ1) is 16.2. The number of carbonyl (C=O) groups is 1. The average Bonchev–Trinajstić information content (AvgIpc) is 2.46. The minimum absolute atomic E-state index is 0.0198. The summed E-state index contributed by atoms with van der Waals surface area (Å²) in [5.74, 6) is -0.0586. The lowest BCUT2D eigenvalue weighted by Crippen LogP contribution is -2.51. The molecule has 0 radical (unpaired) electrons. The van der Waals surface area contributed by atoms with Crippen molar-refractivity contribution in [3.05, 3.63) is 39.9 Å². The standard InChI is InChI=1S/C16H20BrNO3/c1-11-3-4-13(15(17)7-11)5-6-16(20)18-8-14(9-19)21-10-12(18)2/h3-7,12,14,19H,8-10H2,1-2H3/b6-5+. The van der Waals surface area contributed by atoms with Gasteiger partial charge in [-0.3, -0.25) is 4.79 Å². The number of benzene rings is 1. The van der Waals surface area contributed by atoms with Crippen LogP contribution in [-0.4, -0.2) is 47.8 Å². The van der Waals surface area contributed by atoms with Gasteiger partial charge in [0.2, 0.25) is 5.91 Å². The Morgan fingerprint density at radius 2 is 2.33 bits per heavy atom. The minimum atomic E-state index is -0.287. The SMILES string of the molecule is Cc1ccc(/C=C/C(=O)N2CC(CO)OCC2C)c(Br)c1. The zero-order valence-electron chi connectivity index (χ0n) is 12.3. The molecule has 0 aromatic heterocycles. The second-order valence-electron chi connectivity index (χ2n) is 5.34. The average molecular weight is 354 g/mol. The van der Waals surface area contributed by atoms with E-state index in [1.165, 1.54) is 0 Å². The molecule has 1 saturated heterocycles. The number of nitrogens with zero attached hydrogens (tertiary/aromatic N) is 1. The smallest absolute Gasteiger partial charge is 0.246 e. The molecular weight excluding hydrogens is 334 g/mol. The van der Waals surface area contributed by atoms with Crippen molar-refractivity contribution in [1.29, 1.82) is 0 Å². The van der Waals surface area contributed by atoms with E-state index in [4.69, 9.17) is 9.84 Å². The Kier molecular flexibility index (Phi) is 5.56. The van der Waals surface area contributed by atoms with Gasteiger partial charge in [0, 0.05) is 17.1 Å². The minimum Gasteiger partial charge on any atom is -0.394 e. The molecule has 0 aliphatic carbocycles. The van der Waals surface area contributed by atoms with E-state index < -0.39 is 0 Å². The van der Waals surface area contributed by atoms with Gasteiger partial charge in [-0.15, -0.1) is 0 Å². The summed E-state index contributed by atoms with van der Waals surface area (Å²) < 4.78 is 6.41. The van der Waals surface area contributed by atoms with E-state index in [0.29, 0.717) is 13.2 Å². The van der Waals surface area contributed by atoms with Gasteiger partial charge in [-0.25, -0.2) is 0 Å². The van der Waals surface area contributed by atoms with Crippen molar-refractivity contribution in [2.75, 3.05) is 19.8 Å². The number of hydrogen-bond donors (Lipinski definition) is 1. The molecule has 2 rings (SSSR count). The number of ether oxygens (including phenoxy) is 1. The number of carbonyl (C=O) groups excluding carboxylic acids is 1. The summed E-state index contributed by atoms with van der Waals surface area (Å²) in [5, 5.41) is 9.16. The first-order valence-electron chi connectivity index (χ1n) is 6.98. The van der Waals surface area contributed by atoms with Gasteiger partial charge in [-0.05, 0) is 37.1 Å². The summed E-state index contributed by atoms with van der Waals surface area (Å²) in [5.41, 5.74) is 2.13. The highest BCUT2D eigenvalue weighted by atomic mass is 79.9. The Labute approximate surface area is 133 Å². The Morgan fingerprint density at radius 3 is 3.00 bits per heavy atom. The fourth-order valence-electron chi connectivity index (χ4n) is 2.26. The maximum absolute atomic E-state index is 12.3. The van der Waals surface area contributed by atoms with Crippen molar-refractivity contribution in [1.82, 2.24) is 4.90 Å². The van der Waals surface area contributed by atoms with Crippen LogP contribution in [0.15, 0.2) is 28.7 Å². The molecule has 1 N–H and O–H groups in total. The van der Waals surface area contributed by atoms with E-state index in [1.54, 1.807) is 11.0 Å². The van der Waals surface area contributed by atoms with Crippen molar-refractivity contribution in [3.8, 4) is 0 Å². The van der Waals surface area contributed by atoms with Gasteiger partial charge in [0.05, 0.1) is 25.4 Å². The van der Waals surface area contributed by atoms with E-state index >= 15 is 0 Å². The first-order valence-corrected chi connectivity index (χ1v) is 7.78. The normalized spacial score (nSPS) is 22.8. The summed E-state index contributed by atoms with van der Waals surface area (Å²) in [6.45, 7) is 4.79. The highest BCUT2D eigenvalue weighted by Crippen LogP contribution is 2.20. The maximum Gasteiger partial charge on any atom is 0.246 e. The van der Waals surface area contributed by atoms with Crippen LogP contribution in [0.1, 0.15) is 18.1 Å². The highest BCUT2D eigenvalue weighted by molar-refractivity contribution is 9.10. The number of aliphatic hydroxyl groups is 1. The van der Waals surface area contributed by atoms with Crippen LogP contribution in [0.5, 0.6) is 0 Å². The number of amides is 1. The van der Waals surface area contributed by atoms with Gasteiger partial charge in [-0.2, -0.15) is 0 Å². The van der Waals surface area contributed by atoms with Crippen LogP contribution in [0.2, 0.25) is 0 Å². The van der Waals surface area contributed by atoms with E-state index in [1.807, 2.05) is 38.1 Å². The Balaban J connectivity index is 2.07. The lowest BCUT2D eigenvalue weighted by molar-refractivity contribution is -0.140. The number of morpholine rings is 1. The van der Waals surface area contributed by atoms with Crippen molar-refractivity contribution < 1.29 is 14.6 Å². The molecule has 21 heavy (non-hydrogen) atoms. The molecular formula is C16H20BrNO3. The molecule has 0 bridgehead atoms. The van der Waals surface area contributed by atoms with Crippen molar-refractivity contribution in [3.63, 3.8) is 0 Å². The van der Waals surface area contributed by atoms with E-state index in [0.717, 1.165) is 15.6 Å². The summed E-state index contributed by atoms with van der Waals surface area (Å²) >= 11 is 3.50. The Bertz CT molecular complexity index is 544. The van der Waals surface area contributed by atoms with Crippen LogP contribution in [0.4, 0.5) is 0 Å². The summed E-state index contributed by atoms with van der Waals surface area (Å²) in [4.78, 5) is 14.0. The fourth-order valence-corrected chi connectivity index (χ4v) is 2.88. The van der Waals surface area contributed by atoms with E-state index in [9.17, 15) is 4.79 Å². The molecule has 1 aliphatic heterocycles. The van der Waals surface area contributed by atoms with Crippen LogP contribution < -0.4 is 0 Å². The van der Waals surface area contributed by atoms with E-state index in [2.05, 4.69) is 15.9 Å². The number of aliphatic hydroxyl groups excluding tert-OH is 1. The molecule has 5 heteroatoms. The number of halogens is 1. The molecule has 114 valence electrons. The quantitative estimate of drug-likeness (QED) is 0.848. The van der Waals surface area contributed by atoms with Crippen molar-refractivity contribution in [2.24, 2.45) is 0 Å². The van der Waals surface area contributed by atoms with Crippen LogP contribution in [0.3, 0.4) is 0 Å². The lowest BCUT2D eigenvalue weighted by Gasteiger charge is -2.36. The molecule has 2 atom stereocenters. The molecule has 1 aromatic carbocycles. The monoisotopic (exact) mass is 353 g/mol. The van der Waals surface area contributed by atoms with Crippen LogP contribution in [0, 0.1) is 6.92 Å². The summed E-state index contributed by atoms with van der Waals surface area (Å²) in [6, 6.07) is 6.02. The van der Waals surface area contributed by atoms with Gasteiger partial charge in [0.1, 0.15) is 0 Å². The molecule has 2 unspecified atom stereocenters. The van der Waals surface area contributed by atoms with Gasteiger partial charge < -0.3 is 14.7 Å². The number of hydrogen-bond acceptors (Lipinski definition) is 3. The van der Waals surface area contributed by atoms with Crippen molar-refractivity contribution in [2.45, 2.75) is 26.0 Å². The molecule has 1 heterocycles. The van der Waals surface area contributed by atoms with E-state index in [-0.39, 0.29) is 24.7 Å². The molecule has 1 fully saturated rings. The van der Waals surface area contributed by atoms with Gasteiger partial charge in [-0.1, -0.05) is 28.1 Å². The topological polar surface area (TPSA) is 49.8 Å². The predicted molar refractivity (Wildman–Crippen MR) is 85.9 cm³/mol. The zero-order valence-corrected chi connectivity index (χ0v) is 13.8. The molecule has 0 spiro atoms. The third-order valence-electron chi connectivity index (χ3n) is 3.55. The number of rotatable bonds is 3. The van der Waals surface area contributed by atoms with Crippen LogP contribution in [0.25, 0.3) is 6.08 Å². The highest BCUT2D eigenvalue weighted by Gasteiger charge is 2.27. The largest absolute Gasteiger partial charge is 0.394 e. The van der Waals surface area contributed by atoms with Crippen LogP contribution in [-0.2, 0) is 9.53 Å². The zero-order chi connectivity index (χ0) is 15.4. The third-order valence-corrected chi connectivity index (χ3v) is 4.24. The Hall–Kier alpha value is -1.17. The van der Waals surface area contributed by atoms with Crippen LogP contribution >= 0.6 is 15.9 Å². The molecule has 0 saturated carbocycles. The second-order valence-corrected chi connectivity index (χ2v) is 6.19. The fraction of sp³-hybridized carbons (Fsp3) is 0.438. The Morgan fingerprint density at radius 1 is 1.57 bits per heavy atom. The van der Waals surface area contributed by atoms with Crippen molar-refractivity contribution >= 4 is 27.9 Å². The molecule has 1 aliphatic rings. The predicted octanol–water partition coefficient (Wildman–Crippen LogP) is 2.38.